The molecule has 2 aromatic heterocycles. The van der Waals surface area contributed by atoms with Gasteiger partial charge in [0.1, 0.15) is 23.7 Å². The highest BCUT2D eigenvalue weighted by atomic mass is 32.2. The van der Waals surface area contributed by atoms with Crippen molar-refractivity contribution in [3.63, 3.8) is 0 Å². The van der Waals surface area contributed by atoms with Gasteiger partial charge < -0.3 is 15.4 Å². The molecule has 2 aliphatic heterocycles. The van der Waals surface area contributed by atoms with Crippen molar-refractivity contribution in [2.45, 2.75) is 12.8 Å². The van der Waals surface area contributed by atoms with Crippen LogP contribution in [-0.2, 0) is 11.2 Å². The van der Waals surface area contributed by atoms with Crippen LogP contribution in [0.4, 0.5) is 5.69 Å². The van der Waals surface area contributed by atoms with E-state index in [1.165, 1.54) is 0 Å². The number of imidazole rings is 1. The summed E-state index contributed by atoms with van der Waals surface area (Å²) in [5, 5.41) is 0. The fourth-order valence-corrected chi connectivity index (χ4v) is 4.79. The van der Waals surface area contributed by atoms with Gasteiger partial charge in [-0.15, -0.1) is 0 Å². The van der Waals surface area contributed by atoms with E-state index in [1.807, 2.05) is 17.0 Å². The van der Waals surface area contributed by atoms with Crippen molar-refractivity contribution < 1.29 is 13.7 Å². The lowest BCUT2D eigenvalue weighted by molar-refractivity contribution is 0.0633. The number of aromatic nitrogens is 3. The monoisotopic (exact) mass is 465 g/mol. The summed E-state index contributed by atoms with van der Waals surface area (Å²) in [6.45, 7) is 1.74. The van der Waals surface area contributed by atoms with Crippen molar-refractivity contribution in [3.8, 4) is 11.6 Å². The standard InChI is InChI=1S/C22H23N7O3S/c23-21-20-17(26-33(31)27-21)4-1-5-18(20)32-13-15-3-2-9-28(12-15)22(30)16-6-7-25-19(11-16)29-10-8-24-14-29/h1,4-8,10-11,14-15,26H,2-3,9,12-13H2,(H2,23,27). The van der Waals surface area contributed by atoms with Crippen molar-refractivity contribution in [2.75, 3.05) is 24.4 Å². The fourth-order valence-electron chi connectivity index (χ4n) is 4.12. The molecular formula is C22H23N7O3S. The van der Waals surface area contributed by atoms with Gasteiger partial charge in [0, 0.05) is 43.2 Å². The number of carbonyl (C=O) groups is 1. The summed E-state index contributed by atoms with van der Waals surface area (Å²) in [4.78, 5) is 23.4. The molecule has 0 saturated carbocycles. The molecule has 2 unspecified atom stereocenters. The highest BCUT2D eigenvalue weighted by Crippen LogP contribution is 2.30. The molecule has 1 fully saturated rings. The molecule has 4 heterocycles. The molecule has 0 spiro atoms. The van der Waals surface area contributed by atoms with Crippen molar-refractivity contribution in [2.24, 2.45) is 16.0 Å². The van der Waals surface area contributed by atoms with Gasteiger partial charge in [-0.25, -0.2) is 14.2 Å². The van der Waals surface area contributed by atoms with Crippen LogP contribution in [0.1, 0.15) is 28.8 Å². The Hall–Kier alpha value is -3.73. The summed E-state index contributed by atoms with van der Waals surface area (Å²) < 4.78 is 26.2. The quantitative estimate of drug-likeness (QED) is 0.592. The minimum Gasteiger partial charge on any atom is -0.492 e. The van der Waals surface area contributed by atoms with Crippen LogP contribution in [-0.4, -0.2) is 55.1 Å². The fraction of sp³-hybridized carbons (Fsp3) is 0.273. The number of piperidine rings is 1. The highest BCUT2D eigenvalue weighted by Gasteiger charge is 2.26. The number of amidine groups is 1. The number of pyridine rings is 1. The van der Waals surface area contributed by atoms with E-state index < -0.39 is 11.2 Å². The molecule has 2 aliphatic rings. The SMILES string of the molecule is NC1=NS(=O)Nc2cccc(OCC3CCCN(C(=O)c4ccnc(-n5ccnc5)c4)C3)c21. The van der Waals surface area contributed by atoms with Gasteiger partial charge in [-0.1, -0.05) is 6.07 Å². The van der Waals surface area contributed by atoms with Gasteiger partial charge >= 0.3 is 0 Å². The minimum absolute atomic E-state index is 0.0244. The molecule has 170 valence electrons. The third-order valence-electron chi connectivity index (χ3n) is 5.70. The van der Waals surface area contributed by atoms with E-state index in [0.29, 0.717) is 48.1 Å². The molecule has 0 bridgehead atoms. The van der Waals surface area contributed by atoms with E-state index in [-0.39, 0.29) is 17.7 Å². The van der Waals surface area contributed by atoms with Crippen LogP contribution < -0.4 is 15.2 Å². The Kier molecular flexibility index (Phi) is 5.78. The van der Waals surface area contributed by atoms with Crippen LogP contribution >= 0.6 is 0 Å². The molecule has 1 amide bonds. The normalized spacial score (nSPS) is 19.9. The lowest BCUT2D eigenvalue weighted by atomic mass is 9.98. The maximum Gasteiger partial charge on any atom is 0.254 e. The first-order valence-corrected chi connectivity index (χ1v) is 11.7. The Labute approximate surface area is 193 Å². The van der Waals surface area contributed by atoms with Gasteiger partial charge in [0.2, 0.25) is 11.2 Å². The Balaban J connectivity index is 1.26. The second kappa shape index (κ2) is 9.02. The maximum atomic E-state index is 13.2. The smallest absolute Gasteiger partial charge is 0.254 e. The van der Waals surface area contributed by atoms with Crippen LogP contribution in [0.5, 0.6) is 5.75 Å². The van der Waals surface area contributed by atoms with Crippen molar-refractivity contribution in [1.82, 2.24) is 19.4 Å². The number of nitrogens with one attached hydrogen (secondary N) is 1. The second-order valence-corrected chi connectivity index (χ2v) is 8.83. The third-order valence-corrected chi connectivity index (χ3v) is 6.46. The first kappa shape index (κ1) is 21.1. The number of benzene rings is 1. The number of hydrogen-bond acceptors (Lipinski definition) is 6. The van der Waals surface area contributed by atoms with Crippen LogP contribution in [0, 0.1) is 5.92 Å². The third kappa shape index (κ3) is 4.44. The molecular weight excluding hydrogens is 442 g/mol. The molecule has 0 aliphatic carbocycles. The lowest BCUT2D eigenvalue weighted by Gasteiger charge is -2.33. The van der Waals surface area contributed by atoms with Crippen LogP contribution in [0.3, 0.4) is 0 Å². The number of ether oxygens (including phenoxy) is 1. The lowest BCUT2D eigenvalue weighted by Crippen LogP contribution is -2.41. The first-order chi connectivity index (χ1) is 16.1. The summed E-state index contributed by atoms with van der Waals surface area (Å²) in [6, 6.07) is 8.93. The molecule has 2 atom stereocenters. The van der Waals surface area contributed by atoms with E-state index in [0.717, 1.165) is 12.8 Å². The summed E-state index contributed by atoms with van der Waals surface area (Å²) in [7, 11) is 0. The Morgan fingerprint density at radius 3 is 3.06 bits per heavy atom. The highest BCUT2D eigenvalue weighted by molar-refractivity contribution is 7.85. The molecule has 11 heteroatoms. The van der Waals surface area contributed by atoms with Crippen LogP contribution in [0.15, 0.2) is 59.6 Å². The molecule has 10 nitrogen and oxygen atoms in total. The predicted octanol–water partition coefficient (Wildman–Crippen LogP) is 1.91. The van der Waals surface area contributed by atoms with Crippen molar-refractivity contribution in [1.29, 1.82) is 0 Å². The number of anilines is 1. The van der Waals surface area contributed by atoms with E-state index >= 15 is 0 Å². The average molecular weight is 466 g/mol. The number of hydrogen-bond donors (Lipinski definition) is 2. The number of rotatable bonds is 5. The zero-order valence-corrected chi connectivity index (χ0v) is 18.6. The second-order valence-electron chi connectivity index (χ2n) is 7.95. The molecule has 3 aromatic rings. The number of nitrogens with zero attached hydrogens (tertiary/aromatic N) is 5. The summed E-state index contributed by atoms with van der Waals surface area (Å²) in [5.41, 5.74) is 7.83. The number of amides is 1. The number of likely N-dealkylation sites (tertiary alicyclic amines) is 1. The molecule has 33 heavy (non-hydrogen) atoms. The Bertz CT molecular complexity index is 1230. The molecule has 1 aromatic carbocycles. The summed E-state index contributed by atoms with van der Waals surface area (Å²) in [6.07, 6.45) is 8.61. The average Bonchev–Trinajstić information content (AvgIpc) is 3.37. The topological polar surface area (TPSA) is 128 Å². The molecule has 3 N–H and O–H groups in total. The van der Waals surface area contributed by atoms with Gasteiger partial charge in [0.15, 0.2) is 0 Å². The van der Waals surface area contributed by atoms with Gasteiger partial charge in [0.05, 0.1) is 17.9 Å². The molecule has 1 saturated heterocycles. The van der Waals surface area contributed by atoms with Gasteiger partial charge in [0.25, 0.3) is 5.91 Å². The zero-order chi connectivity index (χ0) is 22.8. The number of nitrogens with two attached hydrogens (primary N) is 1. The van der Waals surface area contributed by atoms with Crippen LogP contribution in [0.2, 0.25) is 0 Å². The largest absolute Gasteiger partial charge is 0.492 e. The number of carbonyl (C=O) groups excluding carboxylic acids is 1. The number of fused-ring (bicyclic) bond motifs is 1. The van der Waals surface area contributed by atoms with E-state index in [4.69, 9.17) is 10.5 Å². The van der Waals surface area contributed by atoms with Crippen molar-refractivity contribution >= 4 is 28.6 Å². The van der Waals surface area contributed by atoms with Gasteiger partial charge in [-0.05, 0) is 37.1 Å². The van der Waals surface area contributed by atoms with E-state index in [9.17, 15) is 9.00 Å². The maximum absolute atomic E-state index is 13.2. The Morgan fingerprint density at radius 1 is 1.30 bits per heavy atom. The molecule has 0 radical (unpaired) electrons. The summed E-state index contributed by atoms with van der Waals surface area (Å²) in [5.74, 6) is 1.57. The van der Waals surface area contributed by atoms with Crippen molar-refractivity contribution in [3.05, 3.63) is 66.4 Å². The van der Waals surface area contributed by atoms with Gasteiger partial charge in [-0.3, -0.25) is 14.1 Å². The van der Waals surface area contributed by atoms with E-state index in [2.05, 4.69) is 19.1 Å². The first-order valence-electron chi connectivity index (χ1n) is 10.6. The van der Waals surface area contributed by atoms with E-state index in [1.54, 1.807) is 47.7 Å². The minimum atomic E-state index is -1.58. The summed E-state index contributed by atoms with van der Waals surface area (Å²) >= 11 is -1.58. The van der Waals surface area contributed by atoms with Gasteiger partial charge in [-0.2, -0.15) is 4.40 Å². The van der Waals surface area contributed by atoms with Crippen LogP contribution in [0.25, 0.3) is 5.82 Å². The zero-order valence-electron chi connectivity index (χ0n) is 17.8. The Morgan fingerprint density at radius 2 is 2.21 bits per heavy atom. The predicted molar refractivity (Wildman–Crippen MR) is 124 cm³/mol. The molecule has 5 rings (SSSR count).